The molecule has 0 aromatic heterocycles. The fourth-order valence-electron chi connectivity index (χ4n) is 0. The van der Waals surface area contributed by atoms with E-state index in [-0.39, 0.29) is 35.6 Å². The summed E-state index contributed by atoms with van der Waals surface area (Å²) in [5.41, 5.74) is 10.0. The summed E-state index contributed by atoms with van der Waals surface area (Å²) in [6.45, 7) is 0. The van der Waals surface area contributed by atoms with Crippen molar-refractivity contribution in [3.8, 4) is 0 Å². The van der Waals surface area contributed by atoms with E-state index in [1.165, 1.54) is 0 Å². The minimum atomic E-state index is 0. The van der Waals surface area contributed by atoms with Crippen molar-refractivity contribution in [2.24, 2.45) is 0 Å². The van der Waals surface area contributed by atoms with E-state index >= 15 is 0 Å². The van der Waals surface area contributed by atoms with E-state index in [0.29, 0.717) is 0 Å². The van der Waals surface area contributed by atoms with Crippen LogP contribution in [-0.4, -0.2) is 17.4 Å². The molecule has 26 valence electrons. The summed E-state index contributed by atoms with van der Waals surface area (Å²) >= 11 is 0.125. The third-order valence-electron chi connectivity index (χ3n) is 0. The Morgan fingerprint density at radius 1 is 1.20 bits per heavy atom. The summed E-state index contributed by atoms with van der Waals surface area (Å²) in [5.74, 6) is 0. The normalized spacial score (nSPS) is 2.00. The molecule has 0 aliphatic carbocycles. The zero-order valence-corrected chi connectivity index (χ0v) is 5.08. The van der Waals surface area contributed by atoms with Gasteiger partial charge in [-0.1, -0.05) is 0 Å². The fraction of sp³-hybridized carbons (Fsp3) is 0. The van der Waals surface area contributed by atoms with Crippen molar-refractivity contribution in [1.29, 1.82) is 11.1 Å². The molecule has 0 aromatic carbocycles. The van der Waals surface area contributed by atoms with E-state index in [1.807, 2.05) is 0 Å². The van der Waals surface area contributed by atoms with E-state index in [4.69, 9.17) is 14.6 Å². The van der Waals surface area contributed by atoms with Gasteiger partial charge in [0.2, 0.25) is 0 Å². The van der Waals surface area contributed by atoms with Crippen LogP contribution in [0.2, 0.25) is 0 Å². The van der Waals surface area contributed by atoms with Crippen LogP contribution in [0.3, 0.4) is 0 Å². The van der Waals surface area contributed by atoms with Crippen molar-refractivity contribution in [2.75, 3.05) is 0 Å². The first kappa shape index (κ1) is 17.7. The van der Waals surface area contributed by atoms with Crippen molar-refractivity contribution < 1.29 is 21.8 Å². The summed E-state index contributed by atoms with van der Waals surface area (Å²) in [6.07, 6.45) is 0. The molecule has 0 amide bonds. The number of rotatable bonds is 0. The monoisotopic (exact) mass is 140 g/mol. The van der Waals surface area contributed by atoms with Gasteiger partial charge in [0.05, 0.1) is 0 Å². The van der Waals surface area contributed by atoms with E-state index in [0.717, 1.165) is 0 Å². The molecule has 0 saturated carbocycles. The maximum absolute atomic E-state index is 8.38. The average molecular weight is 141 g/mol. The Labute approximate surface area is 50.5 Å². The molecule has 0 rings (SSSR count). The molecule has 5 heavy (non-hydrogen) atoms. The van der Waals surface area contributed by atoms with Crippen molar-refractivity contribution in [3.05, 3.63) is 0 Å². The van der Waals surface area contributed by atoms with Gasteiger partial charge in [-0.3, -0.25) is 0 Å². The average Bonchev–Trinajstić information content (AvgIpc) is 1.50. The standard InChI is InChI=1S/Al.H2N2.O.Zn.3H/c;1-2;;;;;/h;1-2H;;;;;. The summed E-state index contributed by atoms with van der Waals surface area (Å²) < 4.78 is 8.38. The Morgan fingerprint density at radius 2 is 1.20 bits per heavy atom. The second-order valence-electron chi connectivity index (χ2n) is 0. The number of hydrogen-bond acceptors (Lipinski definition) is 3. The van der Waals surface area contributed by atoms with Crippen molar-refractivity contribution in [1.82, 2.24) is 0 Å². The summed E-state index contributed by atoms with van der Waals surface area (Å²) in [5, 5.41) is 0. The first-order valence-corrected chi connectivity index (χ1v) is 1.75. The van der Waals surface area contributed by atoms with Gasteiger partial charge in [0, 0.05) is 0 Å². The van der Waals surface area contributed by atoms with Crippen molar-refractivity contribution in [3.63, 3.8) is 0 Å². The topological polar surface area (TPSA) is 64.8 Å². The van der Waals surface area contributed by atoms with Crippen molar-refractivity contribution >= 4 is 17.4 Å². The van der Waals surface area contributed by atoms with Crippen LogP contribution in [0.4, 0.5) is 0 Å². The molecule has 0 saturated heterocycles. The summed E-state index contributed by atoms with van der Waals surface area (Å²) in [7, 11) is 0. The van der Waals surface area contributed by atoms with Crippen LogP contribution in [0.5, 0.6) is 0 Å². The molecule has 2 N–H and O–H groups in total. The SMILES string of the molecule is N=N.[AlH3].[O]=[Zn]. The van der Waals surface area contributed by atoms with Gasteiger partial charge in [0.15, 0.2) is 17.4 Å². The Bertz CT molecular complexity index is 11.6. The van der Waals surface area contributed by atoms with E-state index in [2.05, 4.69) is 0 Å². The quantitative estimate of drug-likeness (QED) is 0.340. The van der Waals surface area contributed by atoms with Gasteiger partial charge in [-0.25, -0.2) is 11.1 Å². The Kier molecular flexibility index (Phi) is 658. The Balaban J connectivity index is -0.0000000133. The van der Waals surface area contributed by atoms with Gasteiger partial charge in [0.1, 0.15) is 0 Å². The predicted molar refractivity (Wildman–Crippen MR) is 16.1 cm³/mol. The van der Waals surface area contributed by atoms with Crippen molar-refractivity contribution in [2.45, 2.75) is 0 Å². The maximum atomic E-state index is 8.38. The van der Waals surface area contributed by atoms with E-state index in [1.54, 1.807) is 0 Å². The minimum absolute atomic E-state index is 0. The van der Waals surface area contributed by atoms with Gasteiger partial charge in [-0.05, 0) is 0 Å². The van der Waals surface area contributed by atoms with E-state index < -0.39 is 0 Å². The number of nitrogens with one attached hydrogen (secondary N) is 2. The fourth-order valence-corrected chi connectivity index (χ4v) is 0. The zero-order valence-electron chi connectivity index (χ0n) is 2.12. The molecule has 0 aliphatic heterocycles. The molecule has 0 unspecified atom stereocenters. The molecule has 0 aliphatic rings. The Hall–Kier alpha value is 0.556. The van der Waals surface area contributed by atoms with Gasteiger partial charge in [-0.2, -0.15) is 0 Å². The third kappa shape index (κ3) is 96.3. The molecule has 0 spiro atoms. The summed E-state index contributed by atoms with van der Waals surface area (Å²) in [4.78, 5) is 0. The first-order chi connectivity index (χ1) is 2.00. The van der Waals surface area contributed by atoms with Gasteiger partial charge in [-0.15, -0.1) is 0 Å². The van der Waals surface area contributed by atoms with Crippen LogP contribution in [0.1, 0.15) is 0 Å². The zero-order chi connectivity index (χ0) is 4.00. The molecule has 0 bridgehead atoms. The molecule has 3 nitrogen and oxygen atoms in total. The van der Waals surface area contributed by atoms with Crippen LogP contribution in [-0.2, 0) is 21.8 Å². The second kappa shape index (κ2) is 186. The molecule has 0 aromatic rings. The summed E-state index contributed by atoms with van der Waals surface area (Å²) in [6, 6.07) is 0. The second-order valence-corrected chi connectivity index (χ2v) is 0. The van der Waals surface area contributed by atoms with Crippen LogP contribution in [0.25, 0.3) is 0 Å². The van der Waals surface area contributed by atoms with Crippen LogP contribution in [0, 0.1) is 11.1 Å². The van der Waals surface area contributed by atoms with Gasteiger partial charge >= 0.3 is 21.8 Å². The van der Waals surface area contributed by atoms with Crippen LogP contribution >= 0.6 is 0 Å². The van der Waals surface area contributed by atoms with Gasteiger partial charge < -0.3 is 0 Å². The molecule has 0 heterocycles. The van der Waals surface area contributed by atoms with E-state index in [9.17, 15) is 0 Å². The molecule has 0 fully saturated rings. The van der Waals surface area contributed by atoms with Crippen LogP contribution < -0.4 is 0 Å². The molecular weight excluding hydrogens is 136 g/mol. The molecule has 0 atom stereocenters. The molecular formula is H5AlN2OZn. The predicted octanol–water partition coefficient (Wildman–Crippen LogP) is -0.709. The van der Waals surface area contributed by atoms with Gasteiger partial charge in [0.25, 0.3) is 0 Å². The molecule has 0 radical (unpaired) electrons. The first-order valence-electron chi connectivity index (χ1n) is 0.539. The Morgan fingerprint density at radius 3 is 1.20 bits per heavy atom. The number of hydrogen-bond donors (Lipinski definition) is 2. The molecule has 5 heteroatoms. The third-order valence-corrected chi connectivity index (χ3v) is 0. The van der Waals surface area contributed by atoms with Crippen LogP contribution in [0.15, 0.2) is 0 Å².